The molecular formula is C15H25N5O. The maximum atomic E-state index is 12.7. The molecule has 0 aliphatic carbocycles. The van der Waals surface area contributed by atoms with E-state index >= 15 is 0 Å². The average molecular weight is 291 g/mol. The molecule has 1 amide bonds. The van der Waals surface area contributed by atoms with Crippen molar-refractivity contribution in [2.24, 2.45) is 11.1 Å². The minimum absolute atomic E-state index is 0.114. The van der Waals surface area contributed by atoms with Gasteiger partial charge in [0, 0.05) is 44.1 Å². The molecule has 2 rings (SSSR count). The number of aromatic nitrogens is 2. The summed E-state index contributed by atoms with van der Waals surface area (Å²) in [6, 6.07) is 1.80. The van der Waals surface area contributed by atoms with Gasteiger partial charge in [0.05, 0.1) is 5.41 Å². The van der Waals surface area contributed by atoms with Gasteiger partial charge in [-0.05, 0) is 33.8 Å². The van der Waals surface area contributed by atoms with Gasteiger partial charge < -0.3 is 15.5 Å². The summed E-state index contributed by atoms with van der Waals surface area (Å²) < 4.78 is 0. The quantitative estimate of drug-likeness (QED) is 0.895. The predicted molar refractivity (Wildman–Crippen MR) is 82.9 cm³/mol. The van der Waals surface area contributed by atoms with Crippen molar-refractivity contribution >= 4 is 11.9 Å². The number of anilines is 1. The van der Waals surface area contributed by atoms with Crippen molar-refractivity contribution in [3.63, 3.8) is 0 Å². The topological polar surface area (TPSA) is 75.4 Å². The Hall–Kier alpha value is -1.69. The first kappa shape index (κ1) is 15.7. The maximum Gasteiger partial charge on any atom is 0.230 e. The van der Waals surface area contributed by atoms with Gasteiger partial charge in [0.1, 0.15) is 0 Å². The standard InChI is InChI=1S/C15H25N5O/c1-14(2,15(3,4)16)12(21)19-8-10-20(11-9-19)13-17-6-5-7-18-13/h5-7H,8-11,16H2,1-4H3. The van der Waals surface area contributed by atoms with Crippen LogP contribution in [0.3, 0.4) is 0 Å². The van der Waals surface area contributed by atoms with Crippen LogP contribution in [0.15, 0.2) is 18.5 Å². The number of rotatable bonds is 3. The fourth-order valence-corrected chi connectivity index (χ4v) is 2.23. The molecule has 1 aromatic heterocycles. The highest BCUT2D eigenvalue weighted by molar-refractivity contribution is 5.83. The Bertz CT molecular complexity index is 487. The highest BCUT2D eigenvalue weighted by atomic mass is 16.2. The van der Waals surface area contributed by atoms with Crippen LogP contribution in [0.1, 0.15) is 27.7 Å². The van der Waals surface area contributed by atoms with Crippen molar-refractivity contribution < 1.29 is 4.79 Å². The van der Waals surface area contributed by atoms with E-state index in [2.05, 4.69) is 14.9 Å². The van der Waals surface area contributed by atoms with E-state index in [0.717, 1.165) is 19.0 Å². The number of hydrogen-bond donors (Lipinski definition) is 1. The summed E-state index contributed by atoms with van der Waals surface area (Å²) >= 11 is 0. The van der Waals surface area contributed by atoms with Crippen molar-refractivity contribution in [2.45, 2.75) is 33.2 Å². The second kappa shape index (κ2) is 5.60. The summed E-state index contributed by atoms with van der Waals surface area (Å²) in [4.78, 5) is 25.2. The third-order valence-electron chi connectivity index (χ3n) is 4.55. The molecule has 0 bridgehead atoms. The molecule has 1 aliphatic rings. The van der Waals surface area contributed by atoms with Crippen LogP contribution in [-0.4, -0.2) is 52.5 Å². The molecular weight excluding hydrogens is 266 g/mol. The monoisotopic (exact) mass is 291 g/mol. The van der Waals surface area contributed by atoms with Gasteiger partial charge in [-0.15, -0.1) is 0 Å². The highest BCUT2D eigenvalue weighted by Crippen LogP contribution is 2.31. The van der Waals surface area contributed by atoms with Crippen LogP contribution in [0.2, 0.25) is 0 Å². The molecule has 1 saturated heterocycles. The molecule has 0 aromatic carbocycles. The third kappa shape index (κ3) is 3.15. The van der Waals surface area contributed by atoms with E-state index in [0.29, 0.717) is 13.1 Å². The molecule has 1 aliphatic heterocycles. The van der Waals surface area contributed by atoms with Gasteiger partial charge in [0.15, 0.2) is 0 Å². The number of hydrogen-bond acceptors (Lipinski definition) is 5. The van der Waals surface area contributed by atoms with Crippen molar-refractivity contribution in [3.8, 4) is 0 Å². The Labute approximate surface area is 126 Å². The van der Waals surface area contributed by atoms with Crippen LogP contribution in [0.4, 0.5) is 5.95 Å². The zero-order valence-electron chi connectivity index (χ0n) is 13.3. The molecule has 1 fully saturated rings. The first-order valence-electron chi connectivity index (χ1n) is 7.34. The zero-order chi connectivity index (χ0) is 15.7. The van der Waals surface area contributed by atoms with Crippen LogP contribution < -0.4 is 10.6 Å². The molecule has 0 unspecified atom stereocenters. The summed E-state index contributed by atoms with van der Waals surface area (Å²) in [6.07, 6.45) is 3.47. The summed E-state index contributed by atoms with van der Waals surface area (Å²) in [5.74, 6) is 0.839. The van der Waals surface area contributed by atoms with Crippen molar-refractivity contribution in [1.29, 1.82) is 0 Å². The van der Waals surface area contributed by atoms with Crippen molar-refractivity contribution in [3.05, 3.63) is 18.5 Å². The minimum atomic E-state index is -0.585. The van der Waals surface area contributed by atoms with Gasteiger partial charge in [0.2, 0.25) is 11.9 Å². The van der Waals surface area contributed by atoms with Crippen LogP contribution in [0.5, 0.6) is 0 Å². The lowest BCUT2D eigenvalue weighted by Gasteiger charge is -2.43. The fourth-order valence-electron chi connectivity index (χ4n) is 2.23. The molecule has 21 heavy (non-hydrogen) atoms. The largest absolute Gasteiger partial charge is 0.339 e. The molecule has 0 spiro atoms. The van der Waals surface area contributed by atoms with E-state index in [1.54, 1.807) is 18.5 Å². The van der Waals surface area contributed by atoms with E-state index in [9.17, 15) is 4.79 Å². The molecule has 0 saturated carbocycles. The summed E-state index contributed by atoms with van der Waals surface area (Å²) in [5.41, 5.74) is 5.02. The van der Waals surface area contributed by atoms with Crippen molar-refractivity contribution in [2.75, 3.05) is 31.1 Å². The minimum Gasteiger partial charge on any atom is -0.339 e. The molecule has 6 heteroatoms. The number of carbonyl (C=O) groups excluding carboxylic acids is 1. The average Bonchev–Trinajstić information content (AvgIpc) is 2.46. The smallest absolute Gasteiger partial charge is 0.230 e. The normalized spacial score (nSPS) is 17.0. The van der Waals surface area contributed by atoms with Gasteiger partial charge in [-0.25, -0.2) is 9.97 Å². The number of carbonyl (C=O) groups is 1. The van der Waals surface area contributed by atoms with Gasteiger partial charge in [-0.1, -0.05) is 0 Å². The van der Waals surface area contributed by atoms with Crippen molar-refractivity contribution in [1.82, 2.24) is 14.9 Å². The lowest BCUT2D eigenvalue weighted by Crippen LogP contribution is -2.59. The van der Waals surface area contributed by atoms with Crippen LogP contribution >= 0.6 is 0 Å². The van der Waals surface area contributed by atoms with E-state index in [1.807, 2.05) is 32.6 Å². The second-order valence-electron chi connectivity index (χ2n) is 6.67. The Morgan fingerprint density at radius 2 is 1.62 bits per heavy atom. The molecule has 116 valence electrons. The highest BCUT2D eigenvalue weighted by Gasteiger charge is 2.43. The number of nitrogens with zero attached hydrogens (tertiary/aromatic N) is 4. The predicted octanol–water partition coefficient (Wildman–Crippen LogP) is 0.889. The Morgan fingerprint density at radius 1 is 1.10 bits per heavy atom. The zero-order valence-corrected chi connectivity index (χ0v) is 13.3. The SMILES string of the molecule is CC(C)(N)C(C)(C)C(=O)N1CCN(c2ncccn2)CC1. The van der Waals surface area contributed by atoms with Crippen LogP contribution in [0.25, 0.3) is 0 Å². The third-order valence-corrected chi connectivity index (χ3v) is 4.55. The first-order valence-corrected chi connectivity index (χ1v) is 7.34. The molecule has 0 atom stereocenters. The summed E-state index contributed by atoms with van der Waals surface area (Å²) in [5, 5.41) is 0. The molecule has 2 N–H and O–H groups in total. The van der Waals surface area contributed by atoms with Gasteiger partial charge in [0.25, 0.3) is 0 Å². The molecule has 6 nitrogen and oxygen atoms in total. The molecule has 1 aromatic rings. The van der Waals surface area contributed by atoms with Crippen LogP contribution in [-0.2, 0) is 4.79 Å². The Kier molecular flexibility index (Phi) is 4.18. The molecule has 0 radical (unpaired) electrons. The van der Waals surface area contributed by atoms with E-state index in [1.165, 1.54) is 0 Å². The van der Waals surface area contributed by atoms with Crippen LogP contribution in [0, 0.1) is 5.41 Å². The lowest BCUT2D eigenvalue weighted by atomic mass is 9.74. The fraction of sp³-hybridized carbons (Fsp3) is 0.667. The molecule has 2 heterocycles. The first-order chi connectivity index (χ1) is 9.73. The summed E-state index contributed by atoms with van der Waals surface area (Å²) in [7, 11) is 0. The van der Waals surface area contributed by atoms with Gasteiger partial charge in [-0.3, -0.25) is 4.79 Å². The summed E-state index contributed by atoms with van der Waals surface area (Å²) in [6.45, 7) is 10.5. The van der Waals surface area contributed by atoms with E-state index in [-0.39, 0.29) is 5.91 Å². The van der Waals surface area contributed by atoms with E-state index < -0.39 is 11.0 Å². The Balaban J connectivity index is 2.00. The second-order valence-corrected chi connectivity index (χ2v) is 6.67. The Morgan fingerprint density at radius 3 is 2.10 bits per heavy atom. The number of piperazine rings is 1. The van der Waals surface area contributed by atoms with Gasteiger partial charge >= 0.3 is 0 Å². The lowest BCUT2D eigenvalue weighted by molar-refractivity contribution is -0.143. The number of nitrogens with two attached hydrogens (primary N) is 1. The maximum absolute atomic E-state index is 12.7. The van der Waals surface area contributed by atoms with E-state index in [4.69, 9.17) is 5.73 Å². The number of amides is 1. The van der Waals surface area contributed by atoms with Gasteiger partial charge in [-0.2, -0.15) is 0 Å².